The van der Waals surface area contributed by atoms with E-state index in [1.165, 1.54) is 25.3 Å². The minimum absolute atomic E-state index is 0.195. The fraction of sp³-hybridized carbons (Fsp3) is 0.632. The van der Waals surface area contributed by atoms with Crippen molar-refractivity contribution in [3.63, 3.8) is 0 Å². The third-order valence-corrected chi connectivity index (χ3v) is 6.15. The number of carbonyl (C=O) groups is 1. The van der Waals surface area contributed by atoms with Gasteiger partial charge in [0, 0.05) is 26.3 Å². The van der Waals surface area contributed by atoms with Gasteiger partial charge in [-0.3, -0.25) is 4.79 Å². The van der Waals surface area contributed by atoms with Crippen molar-refractivity contribution in [3.05, 3.63) is 35.6 Å². The number of likely N-dealkylation sites (tertiary alicyclic amines) is 1. The molecule has 0 aromatic heterocycles. The number of rotatable bonds is 2. The van der Waals surface area contributed by atoms with Crippen LogP contribution in [0.15, 0.2) is 24.3 Å². The summed E-state index contributed by atoms with van der Waals surface area (Å²) in [5.41, 5.74) is 0.224. The summed E-state index contributed by atoms with van der Waals surface area (Å²) in [5.74, 6) is 1.30. The maximum Gasteiger partial charge on any atom is 0.233 e. The lowest BCUT2D eigenvalue weighted by molar-refractivity contribution is -0.140. The van der Waals surface area contributed by atoms with Crippen LogP contribution >= 0.6 is 0 Å². The van der Waals surface area contributed by atoms with Crippen molar-refractivity contribution in [2.75, 3.05) is 26.3 Å². The molecule has 3 fully saturated rings. The Morgan fingerprint density at radius 1 is 1.17 bits per heavy atom. The molecule has 2 saturated heterocycles. The number of ether oxygens (including phenoxy) is 1. The molecule has 1 saturated carbocycles. The molecule has 1 aliphatic carbocycles. The number of hydrogen-bond donors (Lipinski definition) is 0. The van der Waals surface area contributed by atoms with Crippen molar-refractivity contribution in [1.29, 1.82) is 0 Å². The number of amides is 1. The molecule has 0 N–H and O–H groups in total. The van der Waals surface area contributed by atoms with Crippen LogP contribution in [0.3, 0.4) is 0 Å². The molecule has 4 heteroatoms. The number of benzene rings is 1. The molecule has 4 rings (SSSR count). The number of carbonyl (C=O) groups excluding carboxylic acids is 1. The largest absolute Gasteiger partial charge is 0.381 e. The molecule has 0 unspecified atom stereocenters. The van der Waals surface area contributed by atoms with Crippen LogP contribution in [0, 0.1) is 17.7 Å². The maximum absolute atomic E-state index is 13.8. The van der Waals surface area contributed by atoms with Crippen molar-refractivity contribution < 1.29 is 13.9 Å². The van der Waals surface area contributed by atoms with Crippen LogP contribution in [-0.4, -0.2) is 37.1 Å². The first kappa shape index (κ1) is 15.1. The molecule has 2 heterocycles. The fourth-order valence-electron chi connectivity index (χ4n) is 4.84. The lowest BCUT2D eigenvalue weighted by atomic mass is 9.73. The first-order chi connectivity index (χ1) is 11.2. The Balaban J connectivity index is 1.64. The van der Waals surface area contributed by atoms with E-state index in [2.05, 4.69) is 4.90 Å². The van der Waals surface area contributed by atoms with E-state index >= 15 is 0 Å². The van der Waals surface area contributed by atoms with Crippen molar-refractivity contribution in [3.8, 4) is 0 Å². The number of nitrogens with zero attached hydrogens (tertiary/aromatic N) is 1. The van der Waals surface area contributed by atoms with Gasteiger partial charge in [0.1, 0.15) is 5.82 Å². The second kappa shape index (κ2) is 5.90. The summed E-state index contributed by atoms with van der Waals surface area (Å²) in [6.07, 6.45) is 5.12. The first-order valence-electron chi connectivity index (χ1n) is 8.82. The summed E-state index contributed by atoms with van der Waals surface area (Å²) in [5, 5.41) is 0. The van der Waals surface area contributed by atoms with Crippen molar-refractivity contribution >= 4 is 5.91 Å². The molecule has 1 amide bonds. The van der Waals surface area contributed by atoms with Crippen LogP contribution in [0.1, 0.15) is 37.7 Å². The van der Waals surface area contributed by atoms with Crippen LogP contribution in [0.25, 0.3) is 0 Å². The van der Waals surface area contributed by atoms with E-state index < -0.39 is 5.41 Å². The molecule has 0 radical (unpaired) electrons. The average molecular weight is 317 g/mol. The van der Waals surface area contributed by atoms with Gasteiger partial charge in [0.25, 0.3) is 0 Å². The van der Waals surface area contributed by atoms with E-state index in [1.54, 1.807) is 12.1 Å². The Labute approximate surface area is 136 Å². The topological polar surface area (TPSA) is 29.5 Å². The zero-order valence-electron chi connectivity index (χ0n) is 13.5. The van der Waals surface area contributed by atoms with E-state index in [0.717, 1.165) is 18.7 Å². The summed E-state index contributed by atoms with van der Waals surface area (Å²) in [4.78, 5) is 15.5. The zero-order chi connectivity index (χ0) is 15.9. The molecule has 0 bridgehead atoms. The van der Waals surface area contributed by atoms with E-state index in [9.17, 15) is 9.18 Å². The summed E-state index contributed by atoms with van der Waals surface area (Å²) in [6, 6.07) is 6.61. The molecule has 124 valence electrons. The van der Waals surface area contributed by atoms with Crippen molar-refractivity contribution in [1.82, 2.24) is 4.90 Å². The van der Waals surface area contributed by atoms with Crippen LogP contribution < -0.4 is 0 Å². The molecule has 2 aliphatic heterocycles. The van der Waals surface area contributed by atoms with Gasteiger partial charge in [0.15, 0.2) is 0 Å². The van der Waals surface area contributed by atoms with E-state index in [-0.39, 0.29) is 11.7 Å². The molecule has 1 aromatic carbocycles. The third kappa shape index (κ3) is 2.57. The van der Waals surface area contributed by atoms with Crippen molar-refractivity contribution in [2.24, 2.45) is 11.8 Å². The Bertz CT molecular complexity index is 585. The second-order valence-electron chi connectivity index (χ2n) is 7.37. The minimum atomic E-state index is -0.598. The second-order valence-corrected chi connectivity index (χ2v) is 7.37. The molecule has 2 atom stereocenters. The monoisotopic (exact) mass is 317 g/mol. The molecular formula is C19H24FNO2. The Hall–Kier alpha value is -1.42. The van der Waals surface area contributed by atoms with Gasteiger partial charge in [-0.15, -0.1) is 0 Å². The fourth-order valence-corrected chi connectivity index (χ4v) is 4.84. The number of fused-ring (bicyclic) bond motifs is 1. The van der Waals surface area contributed by atoms with Gasteiger partial charge in [0.05, 0.1) is 5.41 Å². The summed E-state index contributed by atoms with van der Waals surface area (Å²) in [6.45, 7) is 2.93. The SMILES string of the molecule is O=C(N1C[C@H]2CCC[C@@H]2C1)C1(c2cccc(F)c2)CCOCC1. The van der Waals surface area contributed by atoms with Gasteiger partial charge >= 0.3 is 0 Å². The van der Waals surface area contributed by atoms with Crippen LogP contribution in [-0.2, 0) is 14.9 Å². The standard InChI is InChI=1S/C19H24FNO2/c20-17-6-2-5-16(11-17)19(7-9-23-10-8-19)18(22)21-12-14-3-1-4-15(14)13-21/h2,5-6,11,14-15H,1,3-4,7-10,12-13H2/t14-,15-/m1/s1. The van der Waals surface area contributed by atoms with Gasteiger partial charge in [-0.25, -0.2) is 4.39 Å². The zero-order valence-corrected chi connectivity index (χ0v) is 13.5. The van der Waals surface area contributed by atoms with Gasteiger partial charge in [-0.05, 0) is 55.2 Å². The van der Waals surface area contributed by atoms with E-state index in [1.807, 2.05) is 6.07 Å². The summed E-state index contributed by atoms with van der Waals surface area (Å²) >= 11 is 0. The Morgan fingerprint density at radius 3 is 2.52 bits per heavy atom. The Kier molecular flexibility index (Phi) is 3.88. The summed E-state index contributed by atoms with van der Waals surface area (Å²) < 4.78 is 19.3. The van der Waals surface area contributed by atoms with E-state index in [4.69, 9.17) is 4.74 Å². The van der Waals surface area contributed by atoms with Crippen LogP contribution in [0.5, 0.6) is 0 Å². The van der Waals surface area contributed by atoms with Gasteiger partial charge < -0.3 is 9.64 Å². The predicted octanol–water partition coefficient (Wildman–Crippen LogP) is 3.13. The third-order valence-electron chi connectivity index (χ3n) is 6.15. The molecule has 3 aliphatic rings. The highest BCUT2D eigenvalue weighted by molar-refractivity contribution is 5.88. The molecule has 0 spiro atoms. The molecular weight excluding hydrogens is 293 g/mol. The lowest BCUT2D eigenvalue weighted by Gasteiger charge is -2.39. The van der Waals surface area contributed by atoms with Crippen molar-refractivity contribution in [2.45, 2.75) is 37.5 Å². The predicted molar refractivity (Wildman–Crippen MR) is 85.5 cm³/mol. The quantitative estimate of drug-likeness (QED) is 0.839. The van der Waals surface area contributed by atoms with E-state index in [0.29, 0.717) is 37.9 Å². The first-order valence-corrected chi connectivity index (χ1v) is 8.82. The smallest absolute Gasteiger partial charge is 0.233 e. The number of hydrogen-bond acceptors (Lipinski definition) is 2. The molecule has 3 nitrogen and oxygen atoms in total. The summed E-state index contributed by atoms with van der Waals surface area (Å²) in [7, 11) is 0. The van der Waals surface area contributed by atoms with Gasteiger partial charge in [0.2, 0.25) is 5.91 Å². The van der Waals surface area contributed by atoms with Crippen LogP contribution in [0.4, 0.5) is 4.39 Å². The highest BCUT2D eigenvalue weighted by atomic mass is 19.1. The normalized spacial score (nSPS) is 29.5. The molecule has 1 aromatic rings. The average Bonchev–Trinajstić information content (AvgIpc) is 3.16. The highest BCUT2D eigenvalue weighted by Gasteiger charge is 2.48. The van der Waals surface area contributed by atoms with Gasteiger partial charge in [-0.1, -0.05) is 18.6 Å². The number of halogens is 1. The Morgan fingerprint density at radius 2 is 1.87 bits per heavy atom. The molecule has 23 heavy (non-hydrogen) atoms. The minimum Gasteiger partial charge on any atom is -0.381 e. The van der Waals surface area contributed by atoms with Crippen LogP contribution in [0.2, 0.25) is 0 Å². The maximum atomic E-state index is 13.8. The highest BCUT2D eigenvalue weighted by Crippen LogP contribution is 2.42. The van der Waals surface area contributed by atoms with Gasteiger partial charge in [-0.2, -0.15) is 0 Å². The lowest BCUT2D eigenvalue weighted by Crippen LogP contribution is -2.49.